The summed E-state index contributed by atoms with van der Waals surface area (Å²) < 4.78 is 17.4. The summed E-state index contributed by atoms with van der Waals surface area (Å²) in [6.07, 6.45) is 4.76. The zero-order chi connectivity index (χ0) is 25.3. The molecule has 188 valence electrons. The Morgan fingerprint density at radius 2 is 1.79 bits per heavy atom. The van der Waals surface area contributed by atoms with E-state index in [0.717, 1.165) is 24.8 Å². The molecule has 0 aliphatic carbocycles. The molecule has 1 aromatic heterocycles. The standard InChI is InChI=1S/C23H38BN5O5/c1-15(28-20(31)32-21(2,3)4)18(30)25-14-17-10-9-11-29(17)19-26-12-16(13-27-19)24-33-22(5,6)23(7,8)34-24/h12-13,15,17H,9-11,14H2,1-8H3,(H,25,30)(H,28,31)/t15-,17-/m0/s1. The Bertz CT molecular complexity index is 871. The van der Waals surface area contributed by atoms with Gasteiger partial charge in [-0.1, -0.05) is 0 Å². The van der Waals surface area contributed by atoms with Gasteiger partial charge in [0.15, 0.2) is 0 Å². The van der Waals surface area contributed by atoms with Crippen LogP contribution in [-0.4, -0.2) is 71.1 Å². The van der Waals surface area contributed by atoms with Gasteiger partial charge in [0.05, 0.1) is 11.2 Å². The Balaban J connectivity index is 1.54. The molecule has 0 aromatic carbocycles. The van der Waals surface area contributed by atoms with Crippen LogP contribution < -0.4 is 21.0 Å². The molecule has 3 rings (SSSR count). The molecule has 0 saturated carbocycles. The van der Waals surface area contributed by atoms with E-state index in [1.165, 1.54) is 0 Å². The first-order valence-corrected chi connectivity index (χ1v) is 11.9. The molecule has 11 heteroatoms. The number of carbonyl (C=O) groups is 2. The third-order valence-electron chi connectivity index (χ3n) is 6.46. The molecular weight excluding hydrogens is 437 g/mol. The Morgan fingerprint density at radius 1 is 1.21 bits per heavy atom. The zero-order valence-electron chi connectivity index (χ0n) is 21.6. The molecule has 2 atom stereocenters. The summed E-state index contributed by atoms with van der Waals surface area (Å²) in [5.41, 5.74) is -0.704. The normalized spacial score (nSPS) is 22.4. The number of hydrogen-bond acceptors (Lipinski definition) is 8. The predicted octanol–water partition coefficient (Wildman–Crippen LogP) is 1.77. The molecular formula is C23H38BN5O5. The van der Waals surface area contributed by atoms with Crippen LogP contribution in [0.5, 0.6) is 0 Å². The lowest BCUT2D eigenvalue weighted by molar-refractivity contribution is -0.122. The third kappa shape index (κ3) is 6.18. The van der Waals surface area contributed by atoms with Crippen LogP contribution in [0.2, 0.25) is 0 Å². The molecule has 34 heavy (non-hydrogen) atoms. The van der Waals surface area contributed by atoms with Crippen molar-refractivity contribution in [2.45, 2.75) is 97.1 Å². The molecule has 0 spiro atoms. The molecule has 2 N–H and O–H groups in total. The summed E-state index contributed by atoms with van der Waals surface area (Å²) in [5.74, 6) is 0.340. The molecule has 2 aliphatic rings. The van der Waals surface area contributed by atoms with Gasteiger partial charge in [-0.2, -0.15) is 0 Å². The minimum Gasteiger partial charge on any atom is -0.444 e. The monoisotopic (exact) mass is 475 g/mol. The maximum Gasteiger partial charge on any atom is 0.498 e. The fourth-order valence-electron chi connectivity index (χ4n) is 3.81. The van der Waals surface area contributed by atoms with Crippen molar-refractivity contribution in [3.05, 3.63) is 12.4 Å². The van der Waals surface area contributed by atoms with Gasteiger partial charge >= 0.3 is 13.2 Å². The lowest BCUT2D eigenvalue weighted by Gasteiger charge is -2.32. The number of anilines is 1. The van der Waals surface area contributed by atoms with E-state index in [1.54, 1.807) is 40.1 Å². The molecule has 2 amide bonds. The summed E-state index contributed by atoms with van der Waals surface area (Å²) in [7, 11) is -0.508. The van der Waals surface area contributed by atoms with Gasteiger partial charge in [0, 0.05) is 37.0 Å². The van der Waals surface area contributed by atoms with Crippen molar-refractivity contribution in [2.75, 3.05) is 18.0 Å². The van der Waals surface area contributed by atoms with Gasteiger partial charge in [0.25, 0.3) is 0 Å². The van der Waals surface area contributed by atoms with E-state index < -0.39 is 36.1 Å². The van der Waals surface area contributed by atoms with E-state index in [9.17, 15) is 9.59 Å². The highest BCUT2D eigenvalue weighted by Crippen LogP contribution is 2.36. The number of hydrogen-bond donors (Lipinski definition) is 2. The fourth-order valence-corrected chi connectivity index (χ4v) is 3.81. The molecule has 2 aliphatic heterocycles. The second-order valence-corrected chi connectivity index (χ2v) is 11.0. The smallest absolute Gasteiger partial charge is 0.444 e. The van der Waals surface area contributed by atoms with Gasteiger partial charge in [-0.05, 0) is 68.2 Å². The number of carbonyl (C=O) groups excluding carboxylic acids is 2. The van der Waals surface area contributed by atoms with Crippen LogP contribution in [0.15, 0.2) is 12.4 Å². The minimum absolute atomic E-state index is 0.0698. The van der Waals surface area contributed by atoms with Crippen LogP contribution in [0.25, 0.3) is 0 Å². The first-order valence-electron chi connectivity index (χ1n) is 11.9. The molecule has 0 unspecified atom stereocenters. The van der Waals surface area contributed by atoms with E-state index in [-0.39, 0.29) is 11.9 Å². The number of ether oxygens (including phenoxy) is 1. The van der Waals surface area contributed by atoms with E-state index in [1.807, 2.05) is 27.7 Å². The third-order valence-corrected chi connectivity index (χ3v) is 6.46. The van der Waals surface area contributed by atoms with Crippen LogP contribution in [0.4, 0.5) is 10.7 Å². The van der Waals surface area contributed by atoms with Crippen molar-refractivity contribution >= 4 is 30.5 Å². The Kier molecular flexibility index (Phi) is 7.47. The van der Waals surface area contributed by atoms with E-state index >= 15 is 0 Å². The number of nitrogens with one attached hydrogen (secondary N) is 2. The molecule has 2 fully saturated rings. The Hall–Kier alpha value is -2.40. The van der Waals surface area contributed by atoms with E-state index in [4.69, 9.17) is 14.0 Å². The topological polar surface area (TPSA) is 115 Å². The summed E-state index contributed by atoms with van der Waals surface area (Å²) in [4.78, 5) is 35.6. The van der Waals surface area contributed by atoms with Crippen LogP contribution >= 0.6 is 0 Å². The molecule has 3 heterocycles. The summed E-state index contributed by atoms with van der Waals surface area (Å²) >= 11 is 0. The fraction of sp³-hybridized carbons (Fsp3) is 0.739. The average molecular weight is 475 g/mol. The van der Waals surface area contributed by atoms with Gasteiger partial charge < -0.3 is 29.6 Å². The second kappa shape index (κ2) is 9.69. The lowest BCUT2D eigenvalue weighted by Crippen LogP contribution is -2.49. The van der Waals surface area contributed by atoms with Gasteiger partial charge in [-0.15, -0.1) is 0 Å². The van der Waals surface area contributed by atoms with Gasteiger partial charge in [-0.3, -0.25) is 4.79 Å². The second-order valence-electron chi connectivity index (χ2n) is 11.0. The number of alkyl carbamates (subject to hydrolysis) is 1. The Morgan fingerprint density at radius 3 is 2.35 bits per heavy atom. The van der Waals surface area contributed by atoms with Crippen molar-refractivity contribution in [1.82, 2.24) is 20.6 Å². The lowest BCUT2D eigenvalue weighted by atomic mass is 9.81. The first-order chi connectivity index (χ1) is 15.7. The van der Waals surface area contributed by atoms with Crippen molar-refractivity contribution in [2.24, 2.45) is 0 Å². The number of rotatable bonds is 6. The van der Waals surface area contributed by atoms with E-state index in [0.29, 0.717) is 12.5 Å². The highest BCUT2D eigenvalue weighted by atomic mass is 16.7. The zero-order valence-corrected chi connectivity index (χ0v) is 21.6. The van der Waals surface area contributed by atoms with Crippen LogP contribution in [0, 0.1) is 0 Å². The molecule has 0 radical (unpaired) electrons. The largest absolute Gasteiger partial charge is 0.498 e. The average Bonchev–Trinajstić information content (AvgIpc) is 3.26. The van der Waals surface area contributed by atoms with Crippen molar-refractivity contribution < 1.29 is 23.6 Å². The predicted molar refractivity (Wildman–Crippen MR) is 130 cm³/mol. The maximum atomic E-state index is 12.5. The Labute approximate surface area is 202 Å². The number of nitrogens with zero attached hydrogens (tertiary/aromatic N) is 3. The van der Waals surface area contributed by atoms with Crippen molar-refractivity contribution in [3.8, 4) is 0 Å². The highest BCUT2D eigenvalue weighted by Gasteiger charge is 2.52. The molecule has 10 nitrogen and oxygen atoms in total. The number of aromatic nitrogens is 2. The van der Waals surface area contributed by atoms with Crippen LogP contribution in [0.3, 0.4) is 0 Å². The van der Waals surface area contributed by atoms with Crippen LogP contribution in [0.1, 0.15) is 68.2 Å². The first kappa shape index (κ1) is 26.2. The van der Waals surface area contributed by atoms with Crippen molar-refractivity contribution in [3.63, 3.8) is 0 Å². The van der Waals surface area contributed by atoms with Gasteiger partial charge in [-0.25, -0.2) is 14.8 Å². The van der Waals surface area contributed by atoms with E-state index in [2.05, 4.69) is 25.5 Å². The van der Waals surface area contributed by atoms with Crippen LogP contribution in [-0.2, 0) is 18.8 Å². The SMILES string of the molecule is C[C@H](NC(=O)OC(C)(C)C)C(=O)NC[C@@H]1CCCN1c1ncc(B2OC(C)(C)C(C)(C)O2)cn1. The maximum absolute atomic E-state index is 12.5. The summed E-state index contributed by atoms with van der Waals surface area (Å²) in [6, 6.07) is -0.638. The van der Waals surface area contributed by atoms with Gasteiger partial charge in [0.2, 0.25) is 11.9 Å². The van der Waals surface area contributed by atoms with Crippen molar-refractivity contribution in [1.29, 1.82) is 0 Å². The summed E-state index contributed by atoms with van der Waals surface area (Å²) in [6.45, 7) is 16.2. The number of amides is 2. The molecule has 1 aromatic rings. The molecule has 0 bridgehead atoms. The van der Waals surface area contributed by atoms with Gasteiger partial charge in [0.1, 0.15) is 11.6 Å². The quantitative estimate of drug-likeness (QED) is 0.599. The highest BCUT2D eigenvalue weighted by molar-refractivity contribution is 6.61. The molecule has 2 saturated heterocycles. The minimum atomic E-state index is -0.708. The summed E-state index contributed by atoms with van der Waals surface area (Å²) in [5, 5.41) is 5.48.